The monoisotopic (exact) mass is 410 g/mol. The van der Waals surface area contributed by atoms with Crippen LogP contribution in [0.5, 0.6) is 0 Å². The number of hydrogen-bond acceptors (Lipinski definition) is 8. The number of fused-ring (bicyclic) bond motifs is 1. The summed E-state index contributed by atoms with van der Waals surface area (Å²) in [5, 5.41) is 18.1. The summed E-state index contributed by atoms with van der Waals surface area (Å²) in [6, 6.07) is 2.01. The van der Waals surface area contributed by atoms with Crippen LogP contribution in [-0.2, 0) is 0 Å². The molecule has 2 saturated carbocycles. The van der Waals surface area contributed by atoms with Gasteiger partial charge in [0.2, 0.25) is 5.95 Å². The summed E-state index contributed by atoms with van der Waals surface area (Å²) in [4.78, 5) is 18.8. The van der Waals surface area contributed by atoms with Crippen LogP contribution in [0.25, 0.3) is 20.8 Å². The molecule has 0 amide bonds. The van der Waals surface area contributed by atoms with Crippen molar-refractivity contribution in [2.45, 2.75) is 58.1 Å². The topological polar surface area (TPSA) is 95.9 Å². The average Bonchev–Trinajstić information content (AvgIpc) is 3.29. The van der Waals surface area contributed by atoms with Crippen LogP contribution >= 0.6 is 11.3 Å². The summed E-state index contributed by atoms with van der Waals surface area (Å²) in [5.74, 6) is 2.14. The molecule has 2 fully saturated rings. The Balaban J connectivity index is 1.56. The zero-order valence-corrected chi connectivity index (χ0v) is 17.6. The molecule has 3 aromatic heterocycles. The predicted molar refractivity (Wildman–Crippen MR) is 116 cm³/mol. The molecule has 5 rings (SSSR count). The average molecular weight is 411 g/mol. The number of pyridine rings is 1. The third kappa shape index (κ3) is 3.79. The second-order valence-electron chi connectivity index (χ2n) is 8.19. The van der Waals surface area contributed by atoms with Crippen molar-refractivity contribution in [1.82, 2.24) is 19.9 Å². The molecule has 3 N–H and O–H groups in total. The van der Waals surface area contributed by atoms with E-state index in [1.54, 1.807) is 11.3 Å². The Kier molecular flexibility index (Phi) is 4.83. The fourth-order valence-corrected chi connectivity index (χ4v) is 5.05. The molecule has 3 heterocycles. The standard InChI is InChI=1S/C21H26N6OS/c1-11-17(20-26-18-12(2)22-9-8-16(18)29-20)19(25-14-4-3-5-15(14)28)27-21(24-11)23-10-13-6-7-13/h8-9,13-15,28H,3-7,10H2,1-2H3,(H2,23,24,25,27)/t14-,15-/m0/s1. The highest BCUT2D eigenvalue weighted by Crippen LogP contribution is 2.38. The molecule has 29 heavy (non-hydrogen) atoms. The largest absolute Gasteiger partial charge is 0.391 e. The van der Waals surface area contributed by atoms with Gasteiger partial charge in [0.15, 0.2) is 0 Å². The first-order chi connectivity index (χ1) is 14.1. The lowest BCUT2D eigenvalue weighted by Crippen LogP contribution is -2.29. The van der Waals surface area contributed by atoms with Gasteiger partial charge in [0.1, 0.15) is 16.3 Å². The van der Waals surface area contributed by atoms with Crippen molar-refractivity contribution in [2.75, 3.05) is 17.2 Å². The highest BCUT2D eigenvalue weighted by molar-refractivity contribution is 7.21. The number of nitrogens with zero attached hydrogens (tertiary/aromatic N) is 4. The van der Waals surface area contributed by atoms with Crippen molar-refractivity contribution in [3.8, 4) is 10.6 Å². The number of aliphatic hydroxyl groups excluding tert-OH is 1. The van der Waals surface area contributed by atoms with E-state index in [0.29, 0.717) is 5.95 Å². The van der Waals surface area contributed by atoms with Gasteiger partial charge in [-0.25, -0.2) is 9.97 Å². The normalized spacial score (nSPS) is 21.6. The third-order valence-electron chi connectivity index (χ3n) is 5.84. The van der Waals surface area contributed by atoms with Gasteiger partial charge in [-0.05, 0) is 57.9 Å². The number of anilines is 2. The second-order valence-corrected chi connectivity index (χ2v) is 9.22. The van der Waals surface area contributed by atoms with Crippen LogP contribution in [-0.4, -0.2) is 43.7 Å². The summed E-state index contributed by atoms with van der Waals surface area (Å²) >= 11 is 1.63. The van der Waals surface area contributed by atoms with E-state index in [1.165, 1.54) is 12.8 Å². The van der Waals surface area contributed by atoms with E-state index in [2.05, 4.69) is 15.6 Å². The van der Waals surface area contributed by atoms with E-state index in [0.717, 1.165) is 69.7 Å². The summed E-state index contributed by atoms with van der Waals surface area (Å²) in [6.45, 7) is 4.90. The van der Waals surface area contributed by atoms with Crippen LogP contribution in [0.15, 0.2) is 12.3 Å². The number of aromatic nitrogens is 4. The van der Waals surface area contributed by atoms with Crippen LogP contribution in [0.2, 0.25) is 0 Å². The Labute approximate surface area is 174 Å². The number of rotatable bonds is 6. The van der Waals surface area contributed by atoms with E-state index in [-0.39, 0.29) is 12.1 Å². The Morgan fingerprint density at radius 3 is 2.69 bits per heavy atom. The summed E-state index contributed by atoms with van der Waals surface area (Å²) in [5.41, 5.74) is 3.65. The SMILES string of the molecule is Cc1nc(NCC2CC2)nc(N[C@H]2CCC[C@@H]2O)c1-c1nc2c(C)nccc2s1. The van der Waals surface area contributed by atoms with Crippen LogP contribution in [0.3, 0.4) is 0 Å². The lowest BCUT2D eigenvalue weighted by molar-refractivity contribution is 0.171. The maximum atomic E-state index is 10.3. The minimum absolute atomic E-state index is 0.0112. The molecule has 0 saturated heterocycles. The van der Waals surface area contributed by atoms with Crippen molar-refractivity contribution < 1.29 is 5.11 Å². The van der Waals surface area contributed by atoms with Gasteiger partial charge >= 0.3 is 0 Å². The molecule has 8 heteroatoms. The highest BCUT2D eigenvalue weighted by atomic mass is 32.1. The van der Waals surface area contributed by atoms with Gasteiger partial charge in [0.25, 0.3) is 0 Å². The van der Waals surface area contributed by atoms with Crippen molar-refractivity contribution >= 4 is 33.3 Å². The maximum absolute atomic E-state index is 10.3. The Morgan fingerprint density at radius 2 is 1.97 bits per heavy atom. The highest BCUT2D eigenvalue weighted by Gasteiger charge is 2.28. The lowest BCUT2D eigenvalue weighted by atomic mass is 10.1. The molecule has 2 aliphatic rings. The molecule has 7 nitrogen and oxygen atoms in total. The van der Waals surface area contributed by atoms with E-state index >= 15 is 0 Å². The van der Waals surface area contributed by atoms with Crippen molar-refractivity contribution in [2.24, 2.45) is 5.92 Å². The summed E-state index contributed by atoms with van der Waals surface area (Å²) in [6.07, 6.45) is 6.83. The molecule has 0 aromatic carbocycles. The van der Waals surface area contributed by atoms with Gasteiger partial charge < -0.3 is 15.7 Å². The molecule has 0 spiro atoms. The van der Waals surface area contributed by atoms with Gasteiger partial charge in [-0.15, -0.1) is 11.3 Å². The quantitative estimate of drug-likeness (QED) is 0.567. The molecule has 2 aliphatic carbocycles. The van der Waals surface area contributed by atoms with E-state index in [4.69, 9.17) is 15.0 Å². The van der Waals surface area contributed by atoms with Crippen LogP contribution in [0.1, 0.15) is 43.5 Å². The molecule has 0 bridgehead atoms. The number of hydrogen-bond donors (Lipinski definition) is 3. The Morgan fingerprint density at radius 1 is 1.10 bits per heavy atom. The zero-order valence-electron chi connectivity index (χ0n) is 16.8. The first kappa shape index (κ1) is 18.7. The molecule has 0 radical (unpaired) electrons. The fourth-order valence-electron chi connectivity index (χ4n) is 3.94. The fraction of sp³-hybridized carbons (Fsp3) is 0.524. The molecule has 2 atom stereocenters. The van der Waals surface area contributed by atoms with E-state index in [9.17, 15) is 5.11 Å². The zero-order chi connectivity index (χ0) is 20.0. The maximum Gasteiger partial charge on any atom is 0.224 e. The number of aliphatic hydroxyl groups is 1. The summed E-state index contributed by atoms with van der Waals surface area (Å²) in [7, 11) is 0. The summed E-state index contributed by atoms with van der Waals surface area (Å²) < 4.78 is 1.11. The van der Waals surface area contributed by atoms with Crippen LogP contribution < -0.4 is 10.6 Å². The number of thiazole rings is 1. The smallest absolute Gasteiger partial charge is 0.224 e. The predicted octanol–water partition coefficient (Wildman–Crippen LogP) is 3.91. The van der Waals surface area contributed by atoms with Gasteiger partial charge in [0.05, 0.1) is 33.8 Å². The molecular weight excluding hydrogens is 384 g/mol. The number of nitrogens with one attached hydrogen (secondary N) is 2. The van der Waals surface area contributed by atoms with Crippen molar-refractivity contribution in [3.63, 3.8) is 0 Å². The van der Waals surface area contributed by atoms with Crippen molar-refractivity contribution in [1.29, 1.82) is 0 Å². The van der Waals surface area contributed by atoms with Gasteiger partial charge in [-0.3, -0.25) is 4.98 Å². The van der Waals surface area contributed by atoms with E-state index < -0.39 is 0 Å². The first-order valence-corrected chi connectivity index (χ1v) is 11.2. The molecule has 3 aromatic rings. The minimum Gasteiger partial charge on any atom is -0.391 e. The van der Waals surface area contributed by atoms with Gasteiger partial charge in [0, 0.05) is 12.7 Å². The minimum atomic E-state index is -0.345. The first-order valence-electron chi connectivity index (χ1n) is 10.4. The molecular formula is C21H26N6OS. The van der Waals surface area contributed by atoms with Crippen LogP contribution in [0, 0.1) is 19.8 Å². The number of aryl methyl sites for hydroxylation is 2. The molecule has 152 valence electrons. The molecule has 0 aliphatic heterocycles. The van der Waals surface area contributed by atoms with Crippen molar-refractivity contribution in [3.05, 3.63) is 23.7 Å². The van der Waals surface area contributed by atoms with E-state index in [1.807, 2.05) is 26.1 Å². The van der Waals surface area contributed by atoms with Gasteiger partial charge in [-0.2, -0.15) is 4.98 Å². The molecule has 0 unspecified atom stereocenters. The Bertz CT molecular complexity index is 1050. The second kappa shape index (κ2) is 7.50. The third-order valence-corrected chi connectivity index (χ3v) is 6.88. The Hall–Kier alpha value is -2.32. The lowest BCUT2D eigenvalue weighted by Gasteiger charge is -2.20. The van der Waals surface area contributed by atoms with Crippen LogP contribution in [0.4, 0.5) is 11.8 Å². The van der Waals surface area contributed by atoms with Gasteiger partial charge in [-0.1, -0.05) is 0 Å².